The van der Waals surface area contributed by atoms with E-state index < -0.39 is 23.4 Å². The smallest absolute Gasteiger partial charge is 0.282 e. The zero-order valence-corrected chi connectivity index (χ0v) is 18.8. The average molecular weight is 464 g/mol. The Balaban J connectivity index is 1.76. The van der Waals surface area contributed by atoms with Crippen molar-refractivity contribution in [3.05, 3.63) is 89.6 Å². The van der Waals surface area contributed by atoms with Gasteiger partial charge in [0, 0.05) is 11.8 Å². The van der Waals surface area contributed by atoms with E-state index in [2.05, 4.69) is 5.32 Å². The molecule has 34 heavy (non-hydrogen) atoms. The van der Waals surface area contributed by atoms with Crippen LogP contribution in [0.2, 0.25) is 0 Å². The topological polar surface area (TPSA) is 67.9 Å². The molecule has 0 aromatic heterocycles. The summed E-state index contributed by atoms with van der Waals surface area (Å²) in [4.78, 5) is 27.4. The molecule has 0 atom stereocenters. The van der Waals surface area contributed by atoms with E-state index in [9.17, 15) is 18.4 Å². The summed E-state index contributed by atoms with van der Waals surface area (Å²) in [5.41, 5.74) is 0.654. The van der Waals surface area contributed by atoms with Crippen LogP contribution in [-0.2, 0) is 9.59 Å². The minimum absolute atomic E-state index is 0.00335. The Hall–Kier alpha value is -4.20. The maximum absolute atomic E-state index is 14.5. The van der Waals surface area contributed by atoms with Gasteiger partial charge >= 0.3 is 0 Å². The molecule has 1 heterocycles. The van der Waals surface area contributed by atoms with Crippen LogP contribution in [0.1, 0.15) is 19.4 Å². The third-order valence-electron chi connectivity index (χ3n) is 5.11. The summed E-state index contributed by atoms with van der Waals surface area (Å²) >= 11 is 0. The molecule has 3 aromatic carbocycles. The van der Waals surface area contributed by atoms with Crippen LogP contribution in [-0.4, -0.2) is 25.0 Å². The van der Waals surface area contributed by atoms with Gasteiger partial charge in [0.2, 0.25) is 0 Å². The molecule has 1 aliphatic heterocycles. The predicted octanol–water partition coefficient (Wildman–Crippen LogP) is 5.16. The Labute approximate surface area is 195 Å². The Kier molecular flexibility index (Phi) is 6.32. The van der Waals surface area contributed by atoms with E-state index in [1.807, 2.05) is 13.8 Å². The Morgan fingerprint density at radius 1 is 0.853 bits per heavy atom. The number of halogens is 2. The van der Waals surface area contributed by atoms with Crippen LogP contribution in [0, 0.1) is 11.6 Å². The van der Waals surface area contributed by atoms with E-state index >= 15 is 0 Å². The third kappa shape index (κ3) is 4.47. The summed E-state index contributed by atoms with van der Waals surface area (Å²) in [5.74, 6) is -2.11. The molecule has 3 aromatic rings. The number of hydrogen-bond acceptors (Lipinski definition) is 5. The van der Waals surface area contributed by atoms with Crippen LogP contribution in [0.25, 0.3) is 5.57 Å². The van der Waals surface area contributed by atoms with Crippen LogP contribution >= 0.6 is 0 Å². The first-order valence-electron chi connectivity index (χ1n) is 10.5. The molecule has 2 amide bonds. The highest BCUT2D eigenvalue weighted by molar-refractivity contribution is 6.46. The zero-order valence-electron chi connectivity index (χ0n) is 18.8. The highest BCUT2D eigenvalue weighted by Crippen LogP contribution is 2.35. The molecule has 0 aliphatic carbocycles. The molecule has 0 saturated heterocycles. The maximum Gasteiger partial charge on any atom is 0.282 e. The number of anilines is 2. The van der Waals surface area contributed by atoms with Crippen molar-refractivity contribution in [2.45, 2.75) is 20.0 Å². The van der Waals surface area contributed by atoms with E-state index in [4.69, 9.17) is 9.47 Å². The molecule has 0 unspecified atom stereocenters. The molecule has 1 aliphatic rings. The van der Waals surface area contributed by atoms with Crippen molar-refractivity contribution in [1.29, 1.82) is 0 Å². The molecule has 174 valence electrons. The first-order valence-corrected chi connectivity index (χ1v) is 10.5. The molecule has 0 spiro atoms. The first kappa shape index (κ1) is 23.0. The lowest BCUT2D eigenvalue weighted by Gasteiger charge is -2.16. The summed E-state index contributed by atoms with van der Waals surface area (Å²) in [6.07, 6.45) is -0.00335. The Morgan fingerprint density at radius 3 is 2.09 bits per heavy atom. The van der Waals surface area contributed by atoms with Gasteiger partial charge in [-0.1, -0.05) is 12.1 Å². The van der Waals surface area contributed by atoms with E-state index in [0.717, 1.165) is 12.1 Å². The molecular formula is C26H22F2N2O4. The predicted molar refractivity (Wildman–Crippen MR) is 125 cm³/mol. The van der Waals surface area contributed by atoms with Crippen molar-refractivity contribution in [2.24, 2.45) is 0 Å². The lowest BCUT2D eigenvalue weighted by atomic mass is 10.0. The summed E-state index contributed by atoms with van der Waals surface area (Å²) in [5, 5.41) is 2.99. The fourth-order valence-corrected chi connectivity index (χ4v) is 3.59. The minimum atomic E-state index is -1.02. The van der Waals surface area contributed by atoms with Gasteiger partial charge in [0.05, 0.1) is 24.5 Å². The second-order valence-electron chi connectivity index (χ2n) is 7.84. The van der Waals surface area contributed by atoms with Crippen molar-refractivity contribution in [3.8, 4) is 11.5 Å². The van der Waals surface area contributed by atoms with Gasteiger partial charge in [-0.3, -0.25) is 9.59 Å². The number of nitrogens with one attached hydrogen (secondary N) is 1. The van der Waals surface area contributed by atoms with Gasteiger partial charge in [0.15, 0.2) is 0 Å². The van der Waals surface area contributed by atoms with Gasteiger partial charge in [0.25, 0.3) is 11.8 Å². The van der Waals surface area contributed by atoms with Gasteiger partial charge < -0.3 is 14.8 Å². The average Bonchev–Trinajstić information content (AvgIpc) is 3.04. The molecule has 0 bridgehead atoms. The quantitative estimate of drug-likeness (QED) is 0.490. The van der Waals surface area contributed by atoms with Crippen LogP contribution < -0.4 is 19.7 Å². The minimum Gasteiger partial charge on any atom is -0.497 e. The van der Waals surface area contributed by atoms with Gasteiger partial charge in [-0.15, -0.1) is 0 Å². The molecular weight excluding hydrogens is 442 g/mol. The molecule has 0 radical (unpaired) electrons. The van der Waals surface area contributed by atoms with Gasteiger partial charge in [-0.25, -0.2) is 13.7 Å². The number of hydrogen-bond donors (Lipinski definition) is 1. The summed E-state index contributed by atoms with van der Waals surface area (Å²) in [6, 6.07) is 16.1. The fourth-order valence-electron chi connectivity index (χ4n) is 3.59. The number of benzene rings is 3. The second kappa shape index (κ2) is 9.35. The van der Waals surface area contributed by atoms with E-state index in [0.29, 0.717) is 33.7 Å². The van der Waals surface area contributed by atoms with Crippen molar-refractivity contribution in [1.82, 2.24) is 0 Å². The summed E-state index contributed by atoms with van der Waals surface area (Å²) in [7, 11) is 1.51. The number of rotatable bonds is 7. The van der Waals surface area contributed by atoms with Crippen LogP contribution in [0.4, 0.5) is 20.2 Å². The van der Waals surface area contributed by atoms with Crippen molar-refractivity contribution in [3.63, 3.8) is 0 Å². The van der Waals surface area contributed by atoms with Gasteiger partial charge in [0.1, 0.15) is 28.8 Å². The lowest BCUT2D eigenvalue weighted by Crippen LogP contribution is -2.33. The SMILES string of the molecule is COc1ccc(C2=C(Nc3ccc(OC(C)C)cc3)C(=O)N(c3ccc(F)cc3F)C2=O)cc1. The van der Waals surface area contributed by atoms with E-state index in [-0.39, 0.29) is 23.1 Å². The maximum atomic E-state index is 14.5. The standard InChI is InChI=1S/C26H22F2N2O4/c1-15(2)34-20-11-7-18(8-12-20)29-24-23(16-4-9-19(33-3)10-5-16)25(31)30(26(24)32)22-13-6-17(27)14-21(22)28/h4-15,29H,1-3H3. The Morgan fingerprint density at radius 2 is 1.50 bits per heavy atom. The molecule has 0 fully saturated rings. The van der Waals surface area contributed by atoms with Crippen molar-refractivity contribution >= 4 is 28.8 Å². The number of ether oxygens (including phenoxy) is 2. The second-order valence-corrected chi connectivity index (χ2v) is 7.84. The number of amides is 2. The van der Waals surface area contributed by atoms with Crippen molar-refractivity contribution < 1.29 is 27.8 Å². The highest BCUT2D eigenvalue weighted by Gasteiger charge is 2.41. The monoisotopic (exact) mass is 464 g/mol. The Bertz CT molecular complexity index is 1270. The lowest BCUT2D eigenvalue weighted by molar-refractivity contribution is -0.120. The number of carbonyl (C=O) groups excluding carboxylic acids is 2. The van der Waals surface area contributed by atoms with Crippen LogP contribution in [0.15, 0.2) is 72.4 Å². The fraction of sp³-hybridized carbons (Fsp3) is 0.154. The molecule has 0 saturated carbocycles. The number of methoxy groups -OCH3 is 1. The van der Waals surface area contributed by atoms with Gasteiger partial charge in [-0.2, -0.15) is 0 Å². The zero-order chi connectivity index (χ0) is 24.4. The molecule has 1 N–H and O–H groups in total. The van der Waals surface area contributed by atoms with Crippen molar-refractivity contribution in [2.75, 3.05) is 17.3 Å². The van der Waals surface area contributed by atoms with Crippen LogP contribution in [0.5, 0.6) is 11.5 Å². The van der Waals surface area contributed by atoms with Gasteiger partial charge in [-0.05, 0) is 67.9 Å². The molecule has 8 heteroatoms. The third-order valence-corrected chi connectivity index (χ3v) is 5.11. The summed E-state index contributed by atoms with van der Waals surface area (Å²) < 4.78 is 38.8. The highest BCUT2D eigenvalue weighted by atomic mass is 19.1. The number of carbonyl (C=O) groups is 2. The number of nitrogens with zero attached hydrogens (tertiary/aromatic N) is 1. The number of imide groups is 1. The largest absolute Gasteiger partial charge is 0.497 e. The molecule has 4 rings (SSSR count). The molecule has 6 nitrogen and oxygen atoms in total. The van der Waals surface area contributed by atoms with E-state index in [1.54, 1.807) is 48.5 Å². The first-order chi connectivity index (χ1) is 16.3. The summed E-state index contributed by atoms with van der Waals surface area (Å²) in [6.45, 7) is 3.81. The van der Waals surface area contributed by atoms with E-state index in [1.165, 1.54) is 7.11 Å². The van der Waals surface area contributed by atoms with Crippen LogP contribution in [0.3, 0.4) is 0 Å². The normalized spacial score (nSPS) is 13.6.